The summed E-state index contributed by atoms with van der Waals surface area (Å²) >= 11 is 0. The number of imidazole rings is 1. The molecule has 0 aliphatic heterocycles. The number of aryl methyl sites for hydroxylation is 1. The highest BCUT2D eigenvalue weighted by molar-refractivity contribution is 5.77. The summed E-state index contributed by atoms with van der Waals surface area (Å²) in [5, 5.41) is 2.90. The van der Waals surface area contributed by atoms with Crippen molar-refractivity contribution in [3.8, 4) is 11.4 Å². The number of nitrogens with zero attached hydrogens (tertiary/aromatic N) is 2. The van der Waals surface area contributed by atoms with E-state index in [9.17, 15) is 4.79 Å². The number of para-hydroxylation sites is 1. The Balaban J connectivity index is 1.54. The molecule has 0 bridgehead atoms. The molecule has 1 aromatic heterocycles. The van der Waals surface area contributed by atoms with Crippen molar-refractivity contribution in [1.29, 1.82) is 0 Å². The van der Waals surface area contributed by atoms with Gasteiger partial charge in [-0.25, -0.2) is 4.98 Å². The Morgan fingerprint density at radius 1 is 1.16 bits per heavy atom. The molecule has 0 radical (unpaired) electrons. The molecule has 1 heterocycles. The van der Waals surface area contributed by atoms with Crippen molar-refractivity contribution in [2.75, 3.05) is 6.61 Å². The lowest BCUT2D eigenvalue weighted by atomic mass is 10.1. The molecule has 0 saturated heterocycles. The second kappa shape index (κ2) is 8.15. The van der Waals surface area contributed by atoms with Gasteiger partial charge in [-0.1, -0.05) is 37.3 Å². The van der Waals surface area contributed by atoms with E-state index in [2.05, 4.69) is 17.2 Å². The van der Waals surface area contributed by atoms with Gasteiger partial charge in [0.25, 0.3) is 5.91 Å². The van der Waals surface area contributed by atoms with Gasteiger partial charge in [0.15, 0.2) is 6.61 Å². The number of carbonyl (C=O) groups excluding carboxylic acids is 1. The van der Waals surface area contributed by atoms with Gasteiger partial charge in [-0.15, -0.1) is 0 Å². The molecule has 1 N–H and O–H groups in total. The Hall–Kier alpha value is -3.08. The van der Waals surface area contributed by atoms with Crippen molar-refractivity contribution in [3.63, 3.8) is 0 Å². The van der Waals surface area contributed by atoms with E-state index in [1.807, 2.05) is 59.3 Å². The van der Waals surface area contributed by atoms with Crippen molar-refractivity contribution >= 4 is 5.91 Å². The summed E-state index contributed by atoms with van der Waals surface area (Å²) < 4.78 is 7.45. The van der Waals surface area contributed by atoms with Crippen LogP contribution in [0.3, 0.4) is 0 Å². The summed E-state index contributed by atoms with van der Waals surface area (Å²) in [6.45, 7) is 2.54. The molecule has 0 spiro atoms. The number of carbonyl (C=O) groups is 1. The quantitative estimate of drug-likeness (QED) is 0.722. The smallest absolute Gasteiger partial charge is 0.258 e. The number of rotatable bonds is 7. The average molecular weight is 335 g/mol. The zero-order chi connectivity index (χ0) is 17.5. The molecule has 5 nitrogen and oxygen atoms in total. The average Bonchev–Trinajstić information content (AvgIpc) is 3.20. The Kier molecular flexibility index (Phi) is 5.46. The first kappa shape index (κ1) is 16.8. The van der Waals surface area contributed by atoms with Gasteiger partial charge in [0.1, 0.15) is 5.75 Å². The van der Waals surface area contributed by atoms with Crippen molar-refractivity contribution < 1.29 is 9.53 Å². The standard InChI is InChI=1S/C20H21N3O2/c1-2-16-7-9-18(10-8-16)25-14-20(24)22-13-17-5-3-4-6-19(17)23-12-11-21-15-23/h3-12,15H,2,13-14H2,1H3,(H,22,24). The summed E-state index contributed by atoms with van der Waals surface area (Å²) in [4.78, 5) is 16.1. The van der Waals surface area contributed by atoms with Crippen molar-refractivity contribution in [1.82, 2.24) is 14.9 Å². The van der Waals surface area contributed by atoms with Crippen molar-refractivity contribution in [2.45, 2.75) is 19.9 Å². The maximum Gasteiger partial charge on any atom is 0.258 e. The summed E-state index contributed by atoms with van der Waals surface area (Å²) in [5.74, 6) is 0.547. The van der Waals surface area contributed by atoms with E-state index in [0.717, 1.165) is 17.7 Å². The van der Waals surface area contributed by atoms with Gasteiger partial charge >= 0.3 is 0 Å². The second-order valence-electron chi connectivity index (χ2n) is 5.66. The maximum absolute atomic E-state index is 12.1. The van der Waals surface area contributed by atoms with Gasteiger partial charge in [-0.3, -0.25) is 4.79 Å². The Morgan fingerprint density at radius 2 is 1.96 bits per heavy atom. The van der Waals surface area contributed by atoms with Crippen LogP contribution in [0.15, 0.2) is 67.3 Å². The van der Waals surface area contributed by atoms with E-state index >= 15 is 0 Å². The molecule has 0 unspecified atom stereocenters. The van der Waals surface area contributed by atoms with Crippen LogP contribution >= 0.6 is 0 Å². The normalized spacial score (nSPS) is 10.4. The summed E-state index contributed by atoms with van der Waals surface area (Å²) in [6, 6.07) is 15.7. The van der Waals surface area contributed by atoms with E-state index in [4.69, 9.17) is 4.74 Å². The first-order valence-corrected chi connectivity index (χ1v) is 8.31. The third kappa shape index (κ3) is 4.47. The molecule has 0 aliphatic carbocycles. The molecule has 3 aromatic rings. The molecule has 2 aromatic carbocycles. The van der Waals surface area contributed by atoms with Gasteiger partial charge in [0.2, 0.25) is 0 Å². The summed E-state index contributed by atoms with van der Waals surface area (Å²) in [7, 11) is 0. The molecule has 3 rings (SSSR count). The van der Waals surface area contributed by atoms with Crippen LogP contribution < -0.4 is 10.1 Å². The van der Waals surface area contributed by atoms with Crippen molar-refractivity contribution in [2.24, 2.45) is 0 Å². The molecule has 25 heavy (non-hydrogen) atoms. The van der Waals surface area contributed by atoms with Crippen LogP contribution in [0.2, 0.25) is 0 Å². The van der Waals surface area contributed by atoms with Crippen molar-refractivity contribution in [3.05, 3.63) is 78.4 Å². The minimum atomic E-state index is -0.153. The molecule has 0 aliphatic rings. The SMILES string of the molecule is CCc1ccc(OCC(=O)NCc2ccccc2-n2ccnc2)cc1. The van der Waals surface area contributed by atoms with Gasteiger partial charge in [-0.2, -0.15) is 0 Å². The molecular formula is C20H21N3O2. The number of nitrogens with one attached hydrogen (secondary N) is 1. The molecule has 128 valence electrons. The Morgan fingerprint density at radius 3 is 2.68 bits per heavy atom. The predicted molar refractivity (Wildman–Crippen MR) is 96.7 cm³/mol. The topological polar surface area (TPSA) is 56.1 Å². The van der Waals surface area contributed by atoms with Crippen LogP contribution in [0.5, 0.6) is 5.75 Å². The van der Waals surface area contributed by atoms with Crippen LogP contribution in [0.25, 0.3) is 5.69 Å². The fraction of sp³-hybridized carbons (Fsp3) is 0.200. The Bertz CT molecular complexity index is 811. The fourth-order valence-corrected chi connectivity index (χ4v) is 2.53. The number of ether oxygens (including phenoxy) is 1. The number of hydrogen-bond acceptors (Lipinski definition) is 3. The van der Waals surface area contributed by atoms with Gasteiger partial charge in [0.05, 0.1) is 12.0 Å². The lowest BCUT2D eigenvalue weighted by Crippen LogP contribution is -2.28. The number of aromatic nitrogens is 2. The first-order valence-electron chi connectivity index (χ1n) is 8.31. The van der Waals surface area contributed by atoms with Crippen LogP contribution in [0.1, 0.15) is 18.1 Å². The lowest BCUT2D eigenvalue weighted by molar-refractivity contribution is -0.123. The molecule has 0 saturated carbocycles. The largest absolute Gasteiger partial charge is 0.484 e. The highest BCUT2D eigenvalue weighted by Gasteiger charge is 2.07. The summed E-state index contributed by atoms with van der Waals surface area (Å²) in [6.07, 6.45) is 6.33. The molecule has 0 atom stereocenters. The molecule has 1 amide bonds. The molecule has 0 fully saturated rings. The minimum Gasteiger partial charge on any atom is -0.484 e. The number of hydrogen-bond donors (Lipinski definition) is 1. The van der Waals surface area contributed by atoms with E-state index < -0.39 is 0 Å². The Labute approximate surface area is 147 Å². The fourth-order valence-electron chi connectivity index (χ4n) is 2.53. The van der Waals surface area contributed by atoms with Gasteiger partial charge < -0.3 is 14.6 Å². The number of benzene rings is 2. The monoisotopic (exact) mass is 335 g/mol. The zero-order valence-corrected chi connectivity index (χ0v) is 14.2. The third-order valence-electron chi connectivity index (χ3n) is 3.95. The second-order valence-corrected chi connectivity index (χ2v) is 5.66. The predicted octanol–water partition coefficient (Wildman–Crippen LogP) is 3.13. The van der Waals surface area contributed by atoms with Gasteiger partial charge in [0, 0.05) is 18.9 Å². The third-order valence-corrected chi connectivity index (χ3v) is 3.95. The maximum atomic E-state index is 12.1. The summed E-state index contributed by atoms with van der Waals surface area (Å²) in [5.41, 5.74) is 3.26. The zero-order valence-electron chi connectivity index (χ0n) is 14.2. The van der Waals surface area contributed by atoms with E-state index in [1.165, 1.54) is 5.56 Å². The lowest BCUT2D eigenvalue weighted by Gasteiger charge is -2.12. The number of amides is 1. The van der Waals surface area contributed by atoms with Crippen LogP contribution in [-0.4, -0.2) is 22.1 Å². The minimum absolute atomic E-state index is 0.00128. The highest BCUT2D eigenvalue weighted by Crippen LogP contribution is 2.14. The van der Waals surface area contributed by atoms with Crippen LogP contribution in [0.4, 0.5) is 0 Å². The van der Waals surface area contributed by atoms with Crippen LogP contribution in [0, 0.1) is 0 Å². The van der Waals surface area contributed by atoms with Crippen LogP contribution in [-0.2, 0) is 17.8 Å². The molecule has 5 heteroatoms. The first-order chi connectivity index (χ1) is 12.3. The van der Waals surface area contributed by atoms with E-state index in [1.54, 1.807) is 12.5 Å². The van der Waals surface area contributed by atoms with E-state index in [-0.39, 0.29) is 12.5 Å². The molecular weight excluding hydrogens is 314 g/mol. The van der Waals surface area contributed by atoms with E-state index in [0.29, 0.717) is 12.3 Å². The highest BCUT2D eigenvalue weighted by atomic mass is 16.5. The van der Waals surface area contributed by atoms with Gasteiger partial charge in [-0.05, 0) is 35.7 Å².